The highest BCUT2D eigenvalue weighted by atomic mass is 35.5. The highest BCUT2D eigenvalue weighted by Gasteiger charge is 2.20. The third-order valence-corrected chi connectivity index (χ3v) is 4.63. The number of para-hydroxylation sites is 1. The molecule has 6 heteroatoms. The number of anilines is 1. The van der Waals surface area contributed by atoms with E-state index in [-0.39, 0.29) is 11.8 Å². The van der Waals surface area contributed by atoms with Crippen LogP contribution < -0.4 is 10.6 Å². The summed E-state index contributed by atoms with van der Waals surface area (Å²) in [6.07, 6.45) is 2.47. The van der Waals surface area contributed by atoms with Crippen LogP contribution >= 0.6 is 11.6 Å². The number of hydrogen-bond acceptors (Lipinski definition) is 3. The predicted octanol–water partition coefficient (Wildman–Crippen LogP) is 4.88. The molecule has 0 bridgehead atoms. The molecule has 0 fully saturated rings. The number of nitrogens with one attached hydrogen (secondary N) is 2. The van der Waals surface area contributed by atoms with Crippen LogP contribution in [-0.4, -0.2) is 28.8 Å². The Labute approximate surface area is 170 Å². The minimum Gasteiger partial charge on any atom is -0.385 e. The van der Waals surface area contributed by atoms with Crippen LogP contribution in [0.3, 0.4) is 0 Å². The Balaban J connectivity index is 1.62. The van der Waals surface area contributed by atoms with E-state index in [2.05, 4.69) is 29.6 Å². The van der Waals surface area contributed by atoms with Crippen molar-refractivity contribution in [2.24, 2.45) is 0 Å². The Morgan fingerprint density at radius 2 is 1.89 bits per heavy atom. The molecule has 0 unspecified atom stereocenters. The fourth-order valence-corrected chi connectivity index (χ4v) is 3.26. The summed E-state index contributed by atoms with van der Waals surface area (Å²) in [7, 11) is 0. The van der Waals surface area contributed by atoms with E-state index in [1.807, 2.05) is 54.6 Å². The summed E-state index contributed by atoms with van der Waals surface area (Å²) in [6.45, 7) is 5.50. The second-order valence-corrected chi connectivity index (χ2v) is 7.33. The number of nitrogens with zero attached hydrogens (tertiary/aromatic N) is 2. The second-order valence-electron chi connectivity index (χ2n) is 6.89. The molecule has 1 amide bonds. The molecule has 0 aliphatic carbocycles. The van der Waals surface area contributed by atoms with Gasteiger partial charge < -0.3 is 10.6 Å². The van der Waals surface area contributed by atoms with E-state index in [1.54, 1.807) is 10.9 Å². The van der Waals surface area contributed by atoms with Gasteiger partial charge in [-0.05, 0) is 42.7 Å². The normalized spacial score (nSPS) is 10.9. The van der Waals surface area contributed by atoms with Crippen molar-refractivity contribution in [1.29, 1.82) is 0 Å². The van der Waals surface area contributed by atoms with Crippen LogP contribution in [0.15, 0.2) is 60.8 Å². The topological polar surface area (TPSA) is 59.0 Å². The van der Waals surface area contributed by atoms with Gasteiger partial charge in [-0.1, -0.05) is 49.7 Å². The van der Waals surface area contributed by atoms with Crippen LogP contribution in [-0.2, 0) is 0 Å². The van der Waals surface area contributed by atoms with E-state index < -0.39 is 0 Å². The Morgan fingerprint density at radius 3 is 2.61 bits per heavy atom. The van der Waals surface area contributed by atoms with Crippen LogP contribution in [0.2, 0.25) is 5.02 Å². The SMILES string of the molecule is CC(C)c1c(C(=O)NCCCNc2ccccc2)cnn1-c1cccc(Cl)c1. The molecular formula is C22H25ClN4O. The Kier molecular flexibility index (Phi) is 6.71. The first kappa shape index (κ1) is 20.0. The van der Waals surface area contributed by atoms with Crippen molar-refractivity contribution < 1.29 is 4.79 Å². The van der Waals surface area contributed by atoms with Crippen LogP contribution in [0.4, 0.5) is 5.69 Å². The zero-order chi connectivity index (χ0) is 19.9. The van der Waals surface area contributed by atoms with Gasteiger partial charge in [0.15, 0.2) is 0 Å². The summed E-state index contributed by atoms with van der Waals surface area (Å²) < 4.78 is 1.79. The van der Waals surface area contributed by atoms with Crippen LogP contribution in [0, 0.1) is 0 Å². The quantitative estimate of drug-likeness (QED) is 0.533. The highest BCUT2D eigenvalue weighted by molar-refractivity contribution is 6.30. The molecule has 28 heavy (non-hydrogen) atoms. The van der Waals surface area contributed by atoms with Crippen molar-refractivity contribution in [1.82, 2.24) is 15.1 Å². The van der Waals surface area contributed by atoms with Crippen LogP contribution in [0.1, 0.15) is 42.2 Å². The maximum atomic E-state index is 12.7. The van der Waals surface area contributed by atoms with Gasteiger partial charge in [0.2, 0.25) is 0 Å². The molecule has 146 valence electrons. The summed E-state index contributed by atoms with van der Waals surface area (Å²) >= 11 is 6.11. The number of halogens is 1. The molecule has 0 saturated heterocycles. The van der Waals surface area contributed by atoms with Crippen molar-refractivity contribution in [3.05, 3.63) is 77.1 Å². The van der Waals surface area contributed by atoms with Gasteiger partial charge in [0.25, 0.3) is 5.91 Å². The maximum Gasteiger partial charge on any atom is 0.254 e. The molecule has 1 aromatic heterocycles. The zero-order valence-electron chi connectivity index (χ0n) is 16.2. The molecule has 1 heterocycles. The summed E-state index contributed by atoms with van der Waals surface area (Å²) in [6, 6.07) is 17.5. The number of amides is 1. The molecule has 0 radical (unpaired) electrons. The van der Waals surface area contributed by atoms with Crippen molar-refractivity contribution >= 4 is 23.2 Å². The lowest BCUT2D eigenvalue weighted by Gasteiger charge is -2.13. The van der Waals surface area contributed by atoms with Gasteiger partial charge in [0.1, 0.15) is 0 Å². The predicted molar refractivity (Wildman–Crippen MR) is 115 cm³/mol. The Bertz CT molecular complexity index is 921. The van der Waals surface area contributed by atoms with Crippen molar-refractivity contribution in [3.8, 4) is 5.69 Å². The van der Waals surface area contributed by atoms with Crippen molar-refractivity contribution in [2.75, 3.05) is 18.4 Å². The number of hydrogen-bond donors (Lipinski definition) is 2. The average molecular weight is 397 g/mol. The molecule has 3 aromatic rings. The number of rotatable bonds is 8. The molecule has 0 aliphatic rings. The van der Waals surface area contributed by atoms with Gasteiger partial charge in [0, 0.05) is 23.8 Å². The lowest BCUT2D eigenvalue weighted by atomic mass is 10.0. The lowest BCUT2D eigenvalue weighted by molar-refractivity contribution is 0.0952. The van der Waals surface area contributed by atoms with E-state index >= 15 is 0 Å². The van der Waals surface area contributed by atoms with E-state index in [1.165, 1.54) is 0 Å². The molecule has 0 aliphatic heterocycles. The van der Waals surface area contributed by atoms with Gasteiger partial charge in [-0.2, -0.15) is 5.10 Å². The number of benzene rings is 2. The Hall–Kier alpha value is -2.79. The first-order chi connectivity index (χ1) is 13.6. The fraction of sp³-hybridized carbons (Fsp3) is 0.273. The van der Waals surface area contributed by atoms with Crippen LogP contribution in [0.5, 0.6) is 0 Å². The largest absolute Gasteiger partial charge is 0.385 e. The molecule has 0 spiro atoms. The van der Waals surface area contributed by atoms with E-state index in [0.29, 0.717) is 17.1 Å². The maximum absolute atomic E-state index is 12.7. The first-order valence-electron chi connectivity index (χ1n) is 9.47. The van der Waals surface area contributed by atoms with Gasteiger partial charge >= 0.3 is 0 Å². The second kappa shape index (κ2) is 9.42. The summed E-state index contributed by atoms with van der Waals surface area (Å²) in [5.41, 5.74) is 3.41. The minimum atomic E-state index is -0.100. The third-order valence-electron chi connectivity index (χ3n) is 4.39. The third kappa shape index (κ3) is 4.93. The molecule has 2 aromatic carbocycles. The van der Waals surface area contributed by atoms with Gasteiger partial charge in [0.05, 0.1) is 23.1 Å². The molecule has 0 atom stereocenters. The van der Waals surface area contributed by atoms with E-state index in [9.17, 15) is 4.79 Å². The fourth-order valence-electron chi connectivity index (χ4n) is 3.08. The van der Waals surface area contributed by atoms with E-state index in [4.69, 9.17) is 11.6 Å². The molecule has 2 N–H and O–H groups in total. The lowest BCUT2D eigenvalue weighted by Crippen LogP contribution is -2.26. The van der Waals surface area contributed by atoms with Gasteiger partial charge in [-0.3, -0.25) is 4.79 Å². The van der Waals surface area contributed by atoms with Gasteiger partial charge in [-0.25, -0.2) is 4.68 Å². The monoisotopic (exact) mass is 396 g/mol. The number of carbonyl (C=O) groups excluding carboxylic acids is 1. The standard InChI is InChI=1S/C22H25ClN4O/c1-16(2)21-20(15-26-27(21)19-11-6-8-17(23)14-19)22(28)25-13-7-12-24-18-9-4-3-5-10-18/h3-6,8-11,14-16,24H,7,12-13H2,1-2H3,(H,25,28). The minimum absolute atomic E-state index is 0.100. The van der Waals surface area contributed by atoms with Crippen molar-refractivity contribution in [2.45, 2.75) is 26.2 Å². The van der Waals surface area contributed by atoms with E-state index in [0.717, 1.165) is 30.0 Å². The first-order valence-corrected chi connectivity index (χ1v) is 9.85. The summed E-state index contributed by atoms with van der Waals surface area (Å²) in [5, 5.41) is 11.4. The average Bonchev–Trinajstić information content (AvgIpc) is 3.14. The molecule has 3 rings (SSSR count). The Morgan fingerprint density at radius 1 is 1.11 bits per heavy atom. The van der Waals surface area contributed by atoms with Gasteiger partial charge in [-0.15, -0.1) is 0 Å². The smallest absolute Gasteiger partial charge is 0.254 e. The molecular weight excluding hydrogens is 372 g/mol. The van der Waals surface area contributed by atoms with Crippen LogP contribution in [0.25, 0.3) is 5.69 Å². The summed E-state index contributed by atoms with van der Waals surface area (Å²) in [4.78, 5) is 12.7. The summed E-state index contributed by atoms with van der Waals surface area (Å²) in [5.74, 6) is 0.0404. The zero-order valence-corrected chi connectivity index (χ0v) is 16.9. The molecule has 0 saturated carbocycles. The highest BCUT2D eigenvalue weighted by Crippen LogP contribution is 2.24. The number of carbonyl (C=O) groups is 1. The molecule has 5 nitrogen and oxygen atoms in total. The number of aromatic nitrogens is 2. The van der Waals surface area contributed by atoms with Crippen molar-refractivity contribution in [3.63, 3.8) is 0 Å².